The van der Waals surface area contributed by atoms with Crippen LogP contribution in [-0.4, -0.2) is 55.0 Å². The van der Waals surface area contributed by atoms with Gasteiger partial charge >= 0.3 is 0 Å². The third kappa shape index (κ3) is 1.94. The molecule has 5 heteroatoms. The molecule has 2 bridgehead atoms. The molecule has 0 unspecified atom stereocenters. The topological polar surface area (TPSA) is 68.0 Å². The summed E-state index contributed by atoms with van der Waals surface area (Å²) in [6.45, 7) is 2.25. The molecule has 2 aliphatic carbocycles. The Bertz CT molecular complexity index is 734. The molecule has 2 aliphatic heterocycles. The number of piperidine rings is 1. The maximum atomic E-state index is 10.7. The summed E-state index contributed by atoms with van der Waals surface area (Å²) >= 11 is 0. The van der Waals surface area contributed by atoms with E-state index in [-0.39, 0.29) is 11.5 Å². The van der Waals surface area contributed by atoms with E-state index in [1.54, 1.807) is 0 Å². The normalized spacial score (nSPS) is 37.6. The van der Waals surface area contributed by atoms with Crippen molar-refractivity contribution in [1.82, 2.24) is 4.90 Å². The molecule has 134 valence electrons. The van der Waals surface area contributed by atoms with Crippen LogP contribution in [0.3, 0.4) is 0 Å². The highest BCUT2D eigenvalue weighted by molar-refractivity contribution is 5.62. The predicted octanol–water partition coefficient (Wildman–Crippen LogP) is 1.22. The maximum Gasteiger partial charge on any atom is 0.165 e. The number of nitrogens with zero attached hydrogens (tertiary/aromatic N) is 1. The fourth-order valence-corrected chi connectivity index (χ4v) is 5.61. The molecule has 4 aliphatic rings. The van der Waals surface area contributed by atoms with Gasteiger partial charge in [0.1, 0.15) is 12.2 Å². The first kappa shape index (κ1) is 15.7. The van der Waals surface area contributed by atoms with Crippen molar-refractivity contribution in [2.24, 2.45) is 11.7 Å². The zero-order chi connectivity index (χ0) is 17.2. The van der Waals surface area contributed by atoms with Crippen LogP contribution in [0.25, 0.3) is 0 Å². The lowest BCUT2D eigenvalue weighted by molar-refractivity contribution is -0.0454. The van der Waals surface area contributed by atoms with Crippen molar-refractivity contribution in [3.63, 3.8) is 0 Å². The van der Waals surface area contributed by atoms with Gasteiger partial charge in [0.05, 0.1) is 6.61 Å². The van der Waals surface area contributed by atoms with E-state index in [1.165, 1.54) is 11.1 Å². The van der Waals surface area contributed by atoms with E-state index in [1.807, 2.05) is 12.1 Å². The molecule has 5 nitrogen and oxygen atoms in total. The molecule has 0 amide bonds. The second kappa shape index (κ2) is 5.47. The number of hydrogen-bond donors (Lipinski definition) is 2. The van der Waals surface area contributed by atoms with Crippen LogP contribution < -0.4 is 15.2 Å². The molecule has 0 aromatic heterocycles. The average molecular weight is 342 g/mol. The highest BCUT2D eigenvalue weighted by Crippen LogP contribution is 2.62. The van der Waals surface area contributed by atoms with E-state index in [2.05, 4.69) is 24.1 Å². The molecular formula is C20H26N2O3. The van der Waals surface area contributed by atoms with E-state index in [4.69, 9.17) is 15.2 Å². The molecular weight excluding hydrogens is 316 g/mol. The summed E-state index contributed by atoms with van der Waals surface area (Å²) in [5.41, 5.74) is 8.15. The fraction of sp³-hybridized carbons (Fsp3) is 0.600. The molecule has 5 atom stereocenters. The number of rotatable bonds is 4. The number of likely N-dealkylation sites (N-methyl/N-ethyl adjacent to an activating group) is 1. The van der Waals surface area contributed by atoms with E-state index >= 15 is 0 Å². The van der Waals surface area contributed by atoms with Crippen molar-refractivity contribution in [3.05, 3.63) is 35.4 Å². The molecule has 0 radical (unpaired) electrons. The zero-order valence-corrected chi connectivity index (χ0v) is 14.6. The molecule has 1 aromatic rings. The summed E-state index contributed by atoms with van der Waals surface area (Å²) in [5, 5.41) is 10.7. The van der Waals surface area contributed by atoms with Crippen LogP contribution in [0.5, 0.6) is 11.5 Å². The van der Waals surface area contributed by atoms with Gasteiger partial charge in [0.2, 0.25) is 0 Å². The number of benzene rings is 1. The minimum atomic E-state index is -0.560. The zero-order valence-electron chi connectivity index (χ0n) is 14.6. The smallest absolute Gasteiger partial charge is 0.165 e. The van der Waals surface area contributed by atoms with Crippen molar-refractivity contribution in [3.8, 4) is 11.5 Å². The largest absolute Gasteiger partial charge is 0.490 e. The summed E-state index contributed by atoms with van der Waals surface area (Å²) in [4.78, 5) is 2.47. The Hall–Kier alpha value is -1.56. The molecule has 25 heavy (non-hydrogen) atoms. The van der Waals surface area contributed by atoms with Gasteiger partial charge in [-0.2, -0.15) is 0 Å². The van der Waals surface area contributed by atoms with Crippen LogP contribution in [0.2, 0.25) is 0 Å². The van der Waals surface area contributed by atoms with Crippen LogP contribution in [0.15, 0.2) is 24.3 Å². The van der Waals surface area contributed by atoms with Gasteiger partial charge in [-0.25, -0.2) is 0 Å². The number of nitrogens with two attached hydrogens (primary N) is 1. The molecule has 3 N–H and O–H groups in total. The van der Waals surface area contributed by atoms with Gasteiger partial charge in [-0.05, 0) is 51.0 Å². The third-order valence-corrected chi connectivity index (χ3v) is 6.74. The predicted molar refractivity (Wildman–Crippen MR) is 95.1 cm³/mol. The number of hydrogen-bond acceptors (Lipinski definition) is 5. The Morgan fingerprint density at radius 2 is 2.28 bits per heavy atom. The Morgan fingerprint density at radius 1 is 1.40 bits per heavy atom. The minimum Gasteiger partial charge on any atom is -0.490 e. The fourth-order valence-electron chi connectivity index (χ4n) is 5.61. The second-order valence-corrected chi connectivity index (χ2v) is 7.90. The lowest BCUT2D eigenvalue weighted by Crippen LogP contribution is -2.64. The van der Waals surface area contributed by atoms with Gasteiger partial charge < -0.3 is 25.2 Å². The van der Waals surface area contributed by atoms with Gasteiger partial charge in [-0.15, -0.1) is 0 Å². The van der Waals surface area contributed by atoms with Crippen molar-refractivity contribution in [1.29, 1.82) is 0 Å². The van der Waals surface area contributed by atoms with Gasteiger partial charge in [-0.3, -0.25) is 0 Å². The summed E-state index contributed by atoms with van der Waals surface area (Å²) in [5.74, 6) is 2.07. The number of aliphatic hydroxyl groups is 1. The van der Waals surface area contributed by atoms with Crippen molar-refractivity contribution in [2.45, 2.75) is 42.9 Å². The van der Waals surface area contributed by atoms with Crippen molar-refractivity contribution < 1.29 is 14.6 Å². The summed E-state index contributed by atoms with van der Waals surface area (Å²) in [6.07, 6.45) is 6.29. The molecule has 1 fully saturated rings. The molecule has 1 spiro atoms. The minimum absolute atomic E-state index is 0.110. The summed E-state index contributed by atoms with van der Waals surface area (Å²) in [6, 6.07) is 4.72. The van der Waals surface area contributed by atoms with Gasteiger partial charge in [-0.1, -0.05) is 18.2 Å². The molecule has 0 saturated carbocycles. The Labute approximate surface area is 148 Å². The number of aliphatic hydroxyl groups excluding tert-OH is 1. The molecule has 1 saturated heterocycles. The van der Waals surface area contributed by atoms with Crippen LogP contribution in [-0.2, 0) is 11.8 Å². The van der Waals surface area contributed by atoms with Crippen molar-refractivity contribution in [2.75, 3.05) is 26.7 Å². The van der Waals surface area contributed by atoms with Gasteiger partial charge in [0, 0.05) is 22.9 Å². The van der Waals surface area contributed by atoms with E-state index in [0.29, 0.717) is 25.1 Å². The standard InChI is InChI=1S/C20H26N2O3/c1-22-9-7-20-13-4-5-15(23)19(20)25-18-16(24-10-2-8-21)6-3-12(17(18)20)11-14(13)22/h3-6,13-15,19,23H,2,7-11,21H2,1H3/t13-,14+,15-,19-,20-/m0/s1. The van der Waals surface area contributed by atoms with Crippen molar-refractivity contribution >= 4 is 0 Å². The summed E-state index contributed by atoms with van der Waals surface area (Å²) in [7, 11) is 2.22. The first-order chi connectivity index (χ1) is 12.2. The van der Waals surface area contributed by atoms with E-state index in [0.717, 1.165) is 37.3 Å². The average Bonchev–Trinajstić information content (AvgIpc) is 2.96. The highest BCUT2D eigenvalue weighted by atomic mass is 16.5. The second-order valence-electron chi connectivity index (χ2n) is 7.90. The molecule has 2 heterocycles. The summed E-state index contributed by atoms with van der Waals surface area (Å²) < 4.78 is 12.4. The molecule has 5 rings (SSSR count). The Balaban J connectivity index is 1.66. The van der Waals surface area contributed by atoms with Crippen LogP contribution in [0.4, 0.5) is 0 Å². The van der Waals surface area contributed by atoms with Crippen LogP contribution >= 0.6 is 0 Å². The quantitative estimate of drug-likeness (QED) is 0.636. The number of ether oxygens (including phenoxy) is 2. The lowest BCUT2D eigenvalue weighted by Gasteiger charge is -2.56. The van der Waals surface area contributed by atoms with E-state index in [9.17, 15) is 5.11 Å². The van der Waals surface area contributed by atoms with E-state index < -0.39 is 6.10 Å². The SMILES string of the molecule is CN1CC[C@]23c4c5ccc(OCCCN)c4O[C@H]2[C@@H](O)C=C[C@H]3[C@H]1C5. The maximum absolute atomic E-state index is 10.7. The third-order valence-electron chi connectivity index (χ3n) is 6.74. The van der Waals surface area contributed by atoms with Gasteiger partial charge in [0.25, 0.3) is 0 Å². The monoisotopic (exact) mass is 342 g/mol. The Kier molecular flexibility index (Phi) is 3.43. The first-order valence-electron chi connectivity index (χ1n) is 9.39. The van der Waals surface area contributed by atoms with Crippen LogP contribution in [0.1, 0.15) is 24.0 Å². The number of likely N-dealkylation sites (tertiary alicyclic amines) is 1. The van der Waals surface area contributed by atoms with Crippen LogP contribution in [0, 0.1) is 5.92 Å². The Morgan fingerprint density at radius 3 is 3.12 bits per heavy atom. The highest BCUT2D eigenvalue weighted by Gasteiger charge is 2.64. The van der Waals surface area contributed by atoms with Gasteiger partial charge in [0.15, 0.2) is 11.5 Å². The first-order valence-corrected chi connectivity index (χ1v) is 9.39. The lowest BCUT2D eigenvalue weighted by atomic mass is 9.53. The molecule has 1 aromatic carbocycles.